The van der Waals surface area contributed by atoms with Gasteiger partial charge in [0.1, 0.15) is 0 Å². The number of anilines is 1. The molecule has 2 nitrogen and oxygen atoms in total. The van der Waals surface area contributed by atoms with E-state index < -0.39 is 0 Å². The standard InChI is InChI=1S/C17H28N2/c1-14(2)19-12-6-8-16-13-15(9-10-17(16)19)7-5-11-18(3)4/h9-10,13-14H,5-8,11-12H2,1-4H3. The molecule has 0 N–H and O–H groups in total. The van der Waals surface area contributed by atoms with Crippen molar-refractivity contribution in [2.24, 2.45) is 0 Å². The number of hydrogen-bond acceptors (Lipinski definition) is 2. The fourth-order valence-electron chi connectivity index (χ4n) is 2.97. The molecule has 1 aliphatic heterocycles. The van der Waals surface area contributed by atoms with Gasteiger partial charge in [0.05, 0.1) is 0 Å². The van der Waals surface area contributed by atoms with Gasteiger partial charge in [0, 0.05) is 18.3 Å². The van der Waals surface area contributed by atoms with Gasteiger partial charge in [-0.05, 0) is 77.4 Å². The molecule has 0 radical (unpaired) electrons. The minimum Gasteiger partial charge on any atom is -0.369 e. The predicted molar refractivity (Wildman–Crippen MR) is 84.1 cm³/mol. The van der Waals surface area contributed by atoms with Gasteiger partial charge < -0.3 is 9.80 Å². The maximum absolute atomic E-state index is 2.54. The average Bonchev–Trinajstić information content (AvgIpc) is 2.37. The van der Waals surface area contributed by atoms with Crippen LogP contribution in [0.25, 0.3) is 0 Å². The molecular weight excluding hydrogens is 232 g/mol. The SMILES string of the molecule is CC(C)N1CCCc2cc(CCCN(C)C)ccc21. The summed E-state index contributed by atoms with van der Waals surface area (Å²) >= 11 is 0. The summed E-state index contributed by atoms with van der Waals surface area (Å²) in [7, 11) is 4.29. The van der Waals surface area contributed by atoms with Gasteiger partial charge in [0.2, 0.25) is 0 Å². The van der Waals surface area contributed by atoms with E-state index in [-0.39, 0.29) is 0 Å². The molecule has 0 atom stereocenters. The van der Waals surface area contributed by atoms with E-state index >= 15 is 0 Å². The molecule has 1 aromatic rings. The van der Waals surface area contributed by atoms with Crippen LogP contribution in [-0.2, 0) is 12.8 Å². The third kappa shape index (κ3) is 3.73. The number of rotatable bonds is 5. The third-order valence-electron chi connectivity index (χ3n) is 3.99. The van der Waals surface area contributed by atoms with Crippen molar-refractivity contribution in [2.75, 3.05) is 32.1 Å². The quantitative estimate of drug-likeness (QED) is 0.801. The van der Waals surface area contributed by atoms with Gasteiger partial charge in [0.15, 0.2) is 0 Å². The van der Waals surface area contributed by atoms with E-state index in [1.165, 1.54) is 50.0 Å². The lowest BCUT2D eigenvalue weighted by Gasteiger charge is -2.35. The second-order valence-electron chi connectivity index (χ2n) is 6.26. The Hall–Kier alpha value is -1.02. The zero-order valence-electron chi connectivity index (χ0n) is 12.9. The topological polar surface area (TPSA) is 6.48 Å². The Morgan fingerprint density at radius 1 is 1.26 bits per heavy atom. The molecule has 0 saturated carbocycles. The van der Waals surface area contributed by atoms with Crippen LogP contribution in [0.2, 0.25) is 0 Å². The molecule has 0 aliphatic carbocycles. The number of aryl methyl sites for hydroxylation is 2. The van der Waals surface area contributed by atoms with Crippen molar-refractivity contribution < 1.29 is 0 Å². The lowest BCUT2D eigenvalue weighted by Crippen LogP contribution is -2.35. The summed E-state index contributed by atoms with van der Waals surface area (Å²) in [6, 6.07) is 7.73. The molecular formula is C17H28N2. The second-order valence-corrected chi connectivity index (χ2v) is 6.26. The Kier molecular flexibility index (Phi) is 4.87. The van der Waals surface area contributed by atoms with E-state index in [9.17, 15) is 0 Å². The maximum Gasteiger partial charge on any atom is 0.0401 e. The predicted octanol–water partition coefficient (Wildman–Crippen LogP) is 3.34. The van der Waals surface area contributed by atoms with Crippen molar-refractivity contribution in [3.8, 4) is 0 Å². The van der Waals surface area contributed by atoms with Crippen molar-refractivity contribution in [2.45, 2.75) is 45.6 Å². The summed E-state index contributed by atoms with van der Waals surface area (Å²) in [6.45, 7) is 6.97. The average molecular weight is 260 g/mol. The zero-order valence-corrected chi connectivity index (χ0v) is 12.9. The Morgan fingerprint density at radius 3 is 2.74 bits per heavy atom. The molecule has 1 aromatic carbocycles. The van der Waals surface area contributed by atoms with Gasteiger partial charge in [-0.15, -0.1) is 0 Å². The summed E-state index contributed by atoms with van der Waals surface area (Å²) in [5.74, 6) is 0. The largest absolute Gasteiger partial charge is 0.369 e. The van der Waals surface area contributed by atoms with E-state index in [1.807, 2.05) is 0 Å². The highest BCUT2D eigenvalue weighted by Crippen LogP contribution is 2.29. The van der Waals surface area contributed by atoms with Crippen molar-refractivity contribution in [3.05, 3.63) is 29.3 Å². The first-order valence-electron chi connectivity index (χ1n) is 7.61. The molecule has 19 heavy (non-hydrogen) atoms. The summed E-state index contributed by atoms with van der Waals surface area (Å²) in [5, 5.41) is 0. The van der Waals surface area contributed by atoms with E-state index in [4.69, 9.17) is 0 Å². The van der Waals surface area contributed by atoms with Gasteiger partial charge in [-0.3, -0.25) is 0 Å². The molecule has 1 heterocycles. The summed E-state index contributed by atoms with van der Waals surface area (Å²) in [6.07, 6.45) is 5.00. The highest BCUT2D eigenvalue weighted by molar-refractivity contribution is 5.57. The number of hydrogen-bond donors (Lipinski definition) is 0. The summed E-state index contributed by atoms with van der Waals surface area (Å²) in [5.41, 5.74) is 4.53. The fourth-order valence-corrected chi connectivity index (χ4v) is 2.97. The highest BCUT2D eigenvalue weighted by Gasteiger charge is 2.18. The summed E-state index contributed by atoms with van der Waals surface area (Å²) < 4.78 is 0. The molecule has 2 rings (SSSR count). The van der Waals surface area contributed by atoms with Crippen molar-refractivity contribution in [1.29, 1.82) is 0 Å². The minimum atomic E-state index is 0.610. The summed E-state index contributed by atoms with van der Waals surface area (Å²) in [4.78, 5) is 4.81. The molecule has 0 saturated heterocycles. The van der Waals surface area contributed by atoms with E-state index in [0.29, 0.717) is 6.04 Å². The Morgan fingerprint density at radius 2 is 2.05 bits per heavy atom. The first-order valence-corrected chi connectivity index (χ1v) is 7.61. The Balaban J connectivity index is 2.06. The van der Waals surface area contributed by atoms with Crippen molar-refractivity contribution in [3.63, 3.8) is 0 Å². The molecule has 1 aliphatic rings. The third-order valence-corrected chi connectivity index (χ3v) is 3.99. The van der Waals surface area contributed by atoms with Crippen LogP contribution in [0.4, 0.5) is 5.69 Å². The first kappa shape index (κ1) is 14.4. The fraction of sp³-hybridized carbons (Fsp3) is 0.647. The smallest absolute Gasteiger partial charge is 0.0401 e. The number of nitrogens with zero attached hydrogens (tertiary/aromatic N) is 2. The van der Waals surface area contributed by atoms with Crippen LogP contribution in [0.1, 0.15) is 37.8 Å². The number of benzene rings is 1. The lowest BCUT2D eigenvalue weighted by molar-refractivity contribution is 0.400. The maximum atomic E-state index is 2.54. The molecule has 0 spiro atoms. The first-order chi connectivity index (χ1) is 9.08. The van der Waals surface area contributed by atoms with E-state index in [0.717, 1.165) is 0 Å². The van der Waals surface area contributed by atoms with Crippen LogP contribution in [0.15, 0.2) is 18.2 Å². The molecule has 106 valence electrons. The van der Waals surface area contributed by atoms with Crippen LogP contribution in [-0.4, -0.2) is 38.1 Å². The second kappa shape index (κ2) is 6.42. The highest BCUT2D eigenvalue weighted by atomic mass is 15.2. The molecule has 0 unspecified atom stereocenters. The van der Waals surface area contributed by atoms with E-state index in [2.05, 4.69) is 55.9 Å². The van der Waals surface area contributed by atoms with Gasteiger partial charge in [0.25, 0.3) is 0 Å². The molecule has 0 fully saturated rings. The zero-order chi connectivity index (χ0) is 13.8. The Bertz CT molecular complexity index is 410. The van der Waals surface area contributed by atoms with Gasteiger partial charge in [-0.2, -0.15) is 0 Å². The molecule has 2 heteroatoms. The normalized spacial score (nSPS) is 15.2. The van der Waals surface area contributed by atoms with Crippen LogP contribution >= 0.6 is 0 Å². The van der Waals surface area contributed by atoms with Crippen LogP contribution in [0.5, 0.6) is 0 Å². The molecule has 0 amide bonds. The van der Waals surface area contributed by atoms with Crippen LogP contribution < -0.4 is 4.90 Å². The van der Waals surface area contributed by atoms with Crippen molar-refractivity contribution >= 4 is 5.69 Å². The minimum absolute atomic E-state index is 0.610. The van der Waals surface area contributed by atoms with Gasteiger partial charge >= 0.3 is 0 Å². The van der Waals surface area contributed by atoms with Gasteiger partial charge in [-0.25, -0.2) is 0 Å². The molecule has 0 bridgehead atoms. The number of fused-ring (bicyclic) bond motifs is 1. The lowest BCUT2D eigenvalue weighted by atomic mass is 9.96. The van der Waals surface area contributed by atoms with Crippen LogP contribution in [0.3, 0.4) is 0 Å². The molecule has 0 aromatic heterocycles. The van der Waals surface area contributed by atoms with Gasteiger partial charge in [-0.1, -0.05) is 12.1 Å². The van der Waals surface area contributed by atoms with Crippen LogP contribution in [0, 0.1) is 0 Å². The van der Waals surface area contributed by atoms with E-state index in [1.54, 1.807) is 5.56 Å². The van der Waals surface area contributed by atoms with Crippen molar-refractivity contribution in [1.82, 2.24) is 4.90 Å². The Labute approximate surface area is 118 Å². The monoisotopic (exact) mass is 260 g/mol.